The molecule has 0 radical (unpaired) electrons. The molecule has 164 valence electrons. The fourth-order valence-corrected chi connectivity index (χ4v) is 5.65. The summed E-state index contributed by atoms with van der Waals surface area (Å²) < 4.78 is 28.0. The van der Waals surface area contributed by atoms with Crippen LogP contribution in [0.15, 0.2) is 71.6 Å². The highest BCUT2D eigenvalue weighted by Gasteiger charge is 2.36. The van der Waals surface area contributed by atoms with E-state index in [2.05, 4.69) is 5.32 Å². The summed E-state index contributed by atoms with van der Waals surface area (Å²) in [5.74, 6) is -0.400. The Hall–Kier alpha value is -3.45. The minimum Gasteiger partial charge on any atom is -0.322 e. The van der Waals surface area contributed by atoms with Crippen molar-refractivity contribution in [3.63, 3.8) is 0 Å². The summed E-state index contributed by atoms with van der Waals surface area (Å²) in [5.41, 5.74) is 3.86. The minimum absolute atomic E-state index is 0.0810. The molecule has 0 saturated heterocycles. The van der Waals surface area contributed by atoms with Gasteiger partial charge in [-0.2, -0.15) is 0 Å². The van der Waals surface area contributed by atoms with Gasteiger partial charge in [-0.3, -0.25) is 13.9 Å². The maximum atomic E-state index is 13.3. The van der Waals surface area contributed by atoms with Crippen molar-refractivity contribution >= 4 is 33.1 Å². The molecule has 1 heterocycles. The number of aryl methyl sites for hydroxylation is 1. The Morgan fingerprint density at radius 2 is 1.69 bits per heavy atom. The third-order valence-corrected chi connectivity index (χ3v) is 7.54. The second kappa shape index (κ2) is 8.24. The van der Waals surface area contributed by atoms with Crippen LogP contribution in [-0.4, -0.2) is 26.2 Å². The van der Waals surface area contributed by atoms with Gasteiger partial charge < -0.3 is 5.32 Å². The molecule has 0 unspecified atom stereocenters. The van der Waals surface area contributed by atoms with Crippen LogP contribution < -0.4 is 9.62 Å². The average molecular weight is 449 g/mol. The number of ketones is 1. The normalized spacial score (nSPS) is 15.3. The summed E-state index contributed by atoms with van der Waals surface area (Å²) in [4.78, 5) is 24.6. The maximum absolute atomic E-state index is 13.3. The number of rotatable bonds is 5. The third-order valence-electron chi connectivity index (χ3n) is 5.60. The summed E-state index contributed by atoms with van der Waals surface area (Å²) in [6.07, 6.45) is 0.515. The zero-order valence-corrected chi connectivity index (χ0v) is 18.9. The molecule has 0 saturated carbocycles. The van der Waals surface area contributed by atoms with E-state index >= 15 is 0 Å². The second-order valence-corrected chi connectivity index (χ2v) is 9.92. The molecular weight excluding hydrogens is 424 g/mol. The van der Waals surface area contributed by atoms with Crippen LogP contribution in [0.1, 0.15) is 45.7 Å². The van der Waals surface area contributed by atoms with Crippen LogP contribution >= 0.6 is 0 Å². The highest BCUT2D eigenvalue weighted by Crippen LogP contribution is 2.37. The summed E-state index contributed by atoms with van der Waals surface area (Å²) >= 11 is 0. The Labute approximate surface area is 187 Å². The third kappa shape index (κ3) is 4.03. The fraction of sp³-hybridized carbons (Fsp3) is 0.200. The lowest BCUT2D eigenvalue weighted by atomic mass is 10.1. The Kier molecular flexibility index (Phi) is 5.60. The minimum atomic E-state index is -3.71. The zero-order chi connectivity index (χ0) is 23.0. The lowest BCUT2D eigenvalue weighted by molar-refractivity contribution is 0.101. The van der Waals surface area contributed by atoms with Gasteiger partial charge in [0.1, 0.15) is 0 Å². The molecule has 0 aliphatic carbocycles. The molecule has 3 aromatic carbocycles. The first kappa shape index (κ1) is 21.8. The van der Waals surface area contributed by atoms with E-state index in [1.807, 2.05) is 13.8 Å². The quantitative estimate of drug-likeness (QED) is 0.579. The van der Waals surface area contributed by atoms with Crippen molar-refractivity contribution in [2.75, 3.05) is 9.62 Å². The second-order valence-electron chi connectivity index (χ2n) is 8.10. The molecule has 0 fully saturated rings. The number of carbonyl (C=O) groups is 2. The van der Waals surface area contributed by atoms with E-state index in [-0.39, 0.29) is 22.6 Å². The number of anilines is 2. The van der Waals surface area contributed by atoms with Crippen molar-refractivity contribution in [1.82, 2.24) is 0 Å². The maximum Gasteiger partial charge on any atom is 0.264 e. The van der Waals surface area contributed by atoms with E-state index in [1.54, 1.807) is 66.7 Å². The molecule has 0 spiro atoms. The average Bonchev–Trinajstić information content (AvgIpc) is 3.09. The van der Waals surface area contributed by atoms with Crippen molar-refractivity contribution in [2.45, 2.75) is 38.1 Å². The van der Waals surface area contributed by atoms with E-state index in [0.29, 0.717) is 28.9 Å². The van der Waals surface area contributed by atoms with Gasteiger partial charge in [-0.1, -0.05) is 29.8 Å². The highest BCUT2D eigenvalue weighted by molar-refractivity contribution is 7.92. The molecule has 1 aliphatic rings. The van der Waals surface area contributed by atoms with Gasteiger partial charge in [0, 0.05) is 22.9 Å². The number of sulfonamides is 1. The number of amides is 1. The molecule has 0 bridgehead atoms. The Morgan fingerprint density at radius 1 is 0.969 bits per heavy atom. The molecule has 1 atom stereocenters. The molecule has 6 nitrogen and oxygen atoms in total. The van der Waals surface area contributed by atoms with Gasteiger partial charge in [-0.25, -0.2) is 8.42 Å². The topological polar surface area (TPSA) is 83.6 Å². The molecule has 1 N–H and O–H groups in total. The fourth-order valence-electron chi connectivity index (χ4n) is 3.95. The first-order chi connectivity index (χ1) is 15.2. The number of benzene rings is 3. The Morgan fingerprint density at radius 3 is 2.38 bits per heavy atom. The van der Waals surface area contributed by atoms with E-state index in [4.69, 9.17) is 0 Å². The number of fused-ring (bicyclic) bond motifs is 1. The number of hydrogen-bond donors (Lipinski definition) is 1. The lowest BCUT2D eigenvalue weighted by Gasteiger charge is -2.24. The molecule has 4 rings (SSSR count). The van der Waals surface area contributed by atoms with Crippen LogP contribution in [0, 0.1) is 6.92 Å². The van der Waals surface area contributed by atoms with Crippen molar-refractivity contribution < 1.29 is 18.0 Å². The van der Waals surface area contributed by atoms with Crippen LogP contribution in [0.25, 0.3) is 0 Å². The van der Waals surface area contributed by atoms with Crippen LogP contribution in [0.4, 0.5) is 11.4 Å². The van der Waals surface area contributed by atoms with Gasteiger partial charge >= 0.3 is 0 Å². The summed E-state index contributed by atoms with van der Waals surface area (Å²) in [7, 11) is -3.71. The van der Waals surface area contributed by atoms with E-state index in [0.717, 1.165) is 11.1 Å². The molecule has 1 aliphatic heterocycles. The smallest absolute Gasteiger partial charge is 0.264 e. The monoisotopic (exact) mass is 448 g/mol. The van der Waals surface area contributed by atoms with Gasteiger partial charge in [-0.15, -0.1) is 0 Å². The van der Waals surface area contributed by atoms with Crippen LogP contribution in [0.3, 0.4) is 0 Å². The largest absolute Gasteiger partial charge is 0.322 e. The molecule has 1 amide bonds. The lowest BCUT2D eigenvalue weighted by Crippen LogP contribution is -2.35. The molecule has 32 heavy (non-hydrogen) atoms. The first-order valence-corrected chi connectivity index (χ1v) is 11.8. The number of nitrogens with zero attached hydrogens (tertiary/aromatic N) is 1. The molecule has 7 heteroatoms. The van der Waals surface area contributed by atoms with Gasteiger partial charge in [-0.05, 0) is 75.2 Å². The molecule has 3 aromatic rings. The Bertz CT molecular complexity index is 1310. The number of carbonyl (C=O) groups excluding carboxylic acids is 2. The SMILES string of the molecule is CC(=O)c1cccc(NC(=O)c2ccc3c(c2)C[C@H](C)N3S(=O)(=O)c2ccc(C)cc2)c1. The van der Waals surface area contributed by atoms with Crippen molar-refractivity contribution in [3.05, 3.63) is 89.0 Å². The number of Topliss-reactive ketones (excluding diaryl/α,β-unsaturated/α-hetero) is 1. The van der Waals surface area contributed by atoms with Crippen molar-refractivity contribution in [2.24, 2.45) is 0 Å². The van der Waals surface area contributed by atoms with Gasteiger partial charge in [0.05, 0.1) is 10.6 Å². The summed E-state index contributed by atoms with van der Waals surface area (Å²) in [5, 5.41) is 2.81. The number of hydrogen-bond acceptors (Lipinski definition) is 4. The van der Waals surface area contributed by atoms with Gasteiger partial charge in [0.2, 0.25) is 0 Å². The summed E-state index contributed by atoms with van der Waals surface area (Å²) in [6, 6.07) is 18.3. The first-order valence-electron chi connectivity index (χ1n) is 10.3. The predicted octanol–water partition coefficient (Wildman–Crippen LogP) is 4.59. The van der Waals surface area contributed by atoms with Crippen LogP contribution in [-0.2, 0) is 16.4 Å². The van der Waals surface area contributed by atoms with Crippen LogP contribution in [0.5, 0.6) is 0 Å². The van der Waals surface area contributed by atoms with Gasteiger partial charge in [0.25, 0.3) is 15.9 Å². The summed E-state index contributed by atoms with van der Waals surface area (Å²) in [6.45, 7) is 5.24. The van der Waals surface area contributed by atoms with Crippen molar-refractivity contribution in [3.8, 4) is 0 Å². The predicted molar refractivity (Wildman–Crippen MR) is 125 cm³/mol. The zero-order valence-electron chi connectivity index (χ0n) is 18.1. The van der Waals surface area contributed by atoms with E-state index in [9.17, 15) is 18.0 Å². The van der Waals surface area contributed by atoms with Crippen molar-refractivity contribution in [1.29, 1.82) is 0 Å². The van der Waals surface area contributed by atoms with Gasteiger partial charge in [0.15, 0.2) is 5.78 Å². The molecular formula is C25H24N2O4S. The van der Waals surface area contributed by atoms with Crippen LogP contribution in [0.2, 0.25) is 0 Å². The standard InChI is InChI=1S/C25H24N2O4S/c1-16-7-10-23(11-8-16)32(30,31)27-17(2)13-21-14-20(9-12-24(21)27)25(29)26-22-6-4-5-19(15-22)18(3)28/h4-12,14-15,17H,13H2,1-3H3,(H,26,29)/t17-/m0/s1. The Balaban J connectivity index is 1.61. The number of nitrogens with one attached hydrogen (secondary N) is 1. The molecule has 0 aromatic heterocycles. The van der Waals surface area contributed by atoms with E-state index < -0.39 is 10.0 Å². The van der Waals surface area contributed by atoms with E-state index in [1.165, 1.54) is 11.2 Å². The highest BCUT2D eigenvalue weighted by atomic mass is 32.2.